The normalized spacial score (nSPS) is 10.7. The minimum Gasteiger partial charge on any atom is -0.497 e. The number of benzene rings is 1. The Hall–Kier alpha value is -2.32. The first-order valence-electron chi connectivity index (χ1n) is 8.24. The Labute approximate surface area is 161 Å². The molecule has 0 aliphatic rings. The second-order valence-corrected chi connectivity index (χ2v) is 7.87. The third-order valence-corrected chi connectivity index (χ3v) is 5.84. The van der Waals surface area contributed by atoms with E-state index in [1.165, 1.54) is 0 Å². The standard InChI is InChI=1S/C18H21N5OS2/c1-3-17-22-23-18(26-17)25-11-14-8-13(19)9-16(21-14)20-10-12-5-4-6-15(7-12)24-2/h4-9H,3,10-11H2,1-2H3,(H3,19,20,21). The molecule has 0 aliphatic heterocycles. The van der Waals surface area contributed by atoms with Crippen LogP contribution in [0.25, 0.3) is 0 Å². The number of pyridine rings is 1. The van der Waals surface area contributed by atoms with Crippen molar-refractivity contribution in [2.45, 2.75) is 30.0 Å². The lowest BCUT2D eigenvalue weighted by Crippen LogP contribution is -2.04. The van der Waals surface area contributed by atoms with Crippen LogP contribution in [0.4, 0.5) is 11.5 Å². The number of nitrogen functional groups attached to an aromatic ring is 1. The summed E-state index contributed by atoms with van der Waals surface area (Å²) in [6.45, 7) is 2.73. The molecule has 0 fully saturated rings. The highest BCUT2D eigenvalue weighted by molar-refractivity contribution is 8.00. The zero-order valence-corrected chi connectivity index (χ0v) is 16.4. The van der Waals surface area contributed by atoms with Gasteiger partial charge in [-0.3, -0.25) is 0 Å². The number of thioether (sulfide) groups is 1. The number of aryl methyl sites for hydroxylation is 1. The molecule has 0 saturated heterocycles. The maximum Gasteiger partial charge on any atom is 0.174 e. The molecule has 136 valence electrons. The summed E-state index contributed by atoms with van der Waals surface area (Å²) in [6, 6.07) is 11.7. The monoisotopic (exact) mass is 387 g/mol. The van der Waals surface area contributed by atoms with Gasteiger partial charge in [-0.25, -0.2) is 4.98 Å². The number of nitrogens with two attached hydrogens (primary N) is 1. The van der Waals surface area contributed by atoms with Gasteiger partial charge in [0.1, 0.15) is 16.6 Å². The van der Waals surface area contributed by atoms with Gasteiger partial charge in [0.05, 0.1) is 12.8 Å². The zero-order chi connectivity index (χ0) is 18.4. The lowest BCUT2D eigenvalue weighted by atomic mass is 10.2. The van der Waals surface area contributed by atoms with Crippen LogP contribution >= 0.6 is 23.1 Å². The third kappa shape index (κ3) is 5.09. The van der Waals surface area contributed by atoms with E-state index in [1.807, 2.05) is 36.4 Å². The topological polar surface area (TPSA) is 86.0 Å². The summed E-state index contributed by atoms with van der Waals surface area (Å²) in [5, 5.41) is 12.7. The highest BCUT2D eigenvalue weighted by atomic mass is 32.2. The molecule has 0 aliphatic carbocycles. The molecule has 0 saturated carbocycles. The molecule has 6 nitrogen and oxygen atoms in total. The fraction of sp³-hybridized carbons (Fsp3) is 0.278. The summed E-state index contributed by atoms with van der Waals surface area (Å²) in [5.74, 6) is 2.30. The third-order valence-electron chi connectivity index (χ3n) is 3.60. The van der Waals surface area contributed by atoms with Crippen LogP contribution in [0.1, 0.15) is 23.2 Å². The maximum absolute atomic E-state index is 6.03. The summed E-state index contributed by atoms with van der Waals surface area (Å²) >= 11 is 3.25. The van der Waals surface area contributed by atoms with Crippen molar-refractivity contribution in [1.29, 1.82) is 0 Å². The number of rotatable bonds is 8. The van der Waals surface area contributed by atoms with Gasteiger partial charge in [0.2, 0.25) is 0 Å². The molecular weight excluding hydrogens is 366 g/mol. The highest BCUT2D eigenvalue weighted by Gasteiger charge is 2.07. The van der Waals surface area contributed by atoms with Crippen LogP contribution in [0.3, 0.4) is 0 Å². The van der Waals surface area contributed by atoms with E-state index >= 15 is 0 Å². The number of anilines is 2. The van der Waals surface area contributed by atoms with Gasteiger partial charge in [-0.1, -0.05) is 42.2 Å². The van der Waals surface area contributed by atoms with Gasteiger partial charge in [-0.15, -0.1) is 10.2 Å². The molecule has 3 rings (SSSR count). The number of nitrogens with one attached hydrogen (secondary N) is 1. The maximum atomic E-state index is 6.03. The highest BCUT2D eigenvalue weighted by Crippen LogP contribution is 2.27. The van der Waals surface area contributed by atoms with Gasteiger partial charge in [0, 0.05) is 24.1 Å². The van der Waals surface area contributed by atoms with E-state index in [-0.39, 0.29) is 0 Å². The predicted molar refractivity (Wildman–Crippen MR) is 108 cm³/mol. The van der Waals surface area contributed by atoms with Gasteiger partial charge in [0.15, 0.2) is 4.34 Å². The summed E-state index contributed by atoms with van der Waals surface area (Å²) in [4.78, 5) is 4.65. The largest absolute Gasteiger partial charge is 0.497 e. The quantitative estimate of drug-likeness (QED) is 0.565. The molecule has 0 bridgehead atoms. The Morgan fingerprint density at radius 2 is 2.12 bits per heavy atom. The van der Waals surface area contributed by atoms with E-state index in [9.17, 15) is 0 Å². The molecular formula is C18H21N5OS2. The van der Waals surface area contributed by atoms with Crippen molar-refractivity contribution in [3.63, 3.8) is 0 Å². The minimum absolute atomic E-state index is 0.649. The second-order valence-electron chi connectivity index (χ2n) is 5.59. The van der Waals surface area contributed by atoms with E-state index in [0.717, 1.165) is 38.6 Å². The minimum atomic E-state index is 0.649. The Morgan fingerprint density at radius 3 is 2.88 bits per heavy atom. The molecule has 1 aromatic carbocycles. The SMILES string of the molecule is CCc1nnc(SCc2cc(N)cc(NCc3cccc(OC)c3)n2)s1. The predicted octanol–water partition coefficient (Wildman–Crippen LogP) is 3.99. The Bertz CT molecular complexity index is 868. The lowest BCUT2D eigenvalue weighted by molar-refractivity contribution is 0.414. The first kappa shape index (κ1) is 18.5. The van der Waals surface area contributed by atoms with Gasteiger partial charge in [-0.2, -0.15) is 0 Å². The average Bonchev–Trinajstić information content (AvgIpc) is 3.13. The first-order chi connectivity index (χ1) is 12.7. The number of hydrogen-bond donors (Lipinski definition) is 2. The Kier molecular flexibility index (Phi) is 6.30. The van der Waals surface area contributed by atoms with Crippen LogP contribution in [0, 0.1) is 0 Å². The van der Waals surface area contributed by atoms with Crippen LogP contribution in [0.15, 0.2) is 40.7 Å². The number of ether oxygens (including phenoxy) is 1. The molecule has 0 radical (unpaired) electrons. The Morgan fingerprint density at radius 1 is 1.23 bits per heavy atom. The van der Waals surface area contributed by atoms with Gasteiger partial charge in [-0.05, 0) is 30.2 Å². The van der Waals surface area contributed by atoms with Crippen LogP contribution in [-0.2, 0) is 18.7 Å². The molecule has 8 heteroatoms. The summed E-state index contributed by atoms with van der Waals surface area (Å²) in [7, 11) is 1.66. The van der Waals surface area contributed by atoms with Crippen molar-refractivity contribution in [3.05, 3.63) is 52.7 Å². The Balaban J connectivity index is 1.63. The summed E-state index contributed by atoms with van der Waals surface area (Å²) in [6.07, 6.45) is 0.910. The molecule has 2 aromatic heterocycles. The number of aromatic nitrogens is 3. The molecule has 3 N–H and O–H groups in total. The lowest BCUT2D eigenvalue weighted by Gasteiger charge is -2.10. The van der Waals surface area contributed by atoms with E-state index in [2.05, 4.69) is 27.4 Å². The summed E-state index contributed by atoms with van der Waals surface area (Å²) in [5.41, 5.74) is 8.75. The van der Waals surface area contributed by atoms with Crippen LogP contribution in [0.5, 0.6) is 5.75 Å². The molecule has 3 aromatic rings. The van der Waals surface area contributed by atoms with Crippen LogP contribution < -0.4 is 15.8 Å². The number of hydrogen-bond acceptors (Lipinski definition) is 8. The molecule has 0 spiro atoms. The van der Waals surface area contributed by atoms with Crippen molar-refractivity contribution in [1.82, 2.24) is 15.2 Å². The zero-order valence-electron chi connectivity index (χ0n) is 14.7. The average molecular weight is 388 g/mol. The van der Waals surface area contributed by atoms with E-state index in [4.69, 9.17) is 10.5 Å². The first-order valence-corrected chi connectivity index (χ1v) is 10.0. The number of methoxy groups -OCH3 is 1. The summed E-state index contributed by atoms with van der Waals surface area (Å²) < 4.78 is 6.21. The van der Waals surface area contributed by atoms with Crippen molar-refractivity contribution in [2.75, 3.05) is 18.2 Å². The fourth-order valence-electron chi connectivity index (χ4n) is 2.33. The number of nitrogens with zero attached hydrogens (tertiary/aromatic N) is 3. The second kappa shape index (κ2) is 8.86. The van der Waals surface area contributed by atoms with E-state index in [0.29, 0.717) is 18.0 Å². The van der Waals surface area contributed by atoms with Crippen molar-refractivity contribution >= 4 is 34.6 Å². The molecule has 0 unspecified atom stereocenters. The van der Waals surface area contributed by atoms with Gasteiger partial charge >= 0.3 is 0 Å². The van der Waals surface area contributed by atoms with Crippen LogP contribution in [0.2, 0.25) is 0 Å². The van der Waals surface area contributed by atoms with Crippen molar-refractivity contribution < 1.29 is 4.74 Å². The van der Waals surface area contributed by atoms with E-state index in [1.54, 1.807) is 30.2 Å². The van der Waals surface area contributed by atoms with Gasteiger partial charge < -0.3 is 15.8 Å². The van der Waals surface area contributed by atoms with Gasteiger partial charge in [0.25, 0.3) is 0 Å². The molecule has 0 amide bonds. The van der Waals surface area contributed by atoms with E-state index < -0.39 is 0 Å². The van der Waals surface area contributed by atoms with Crippen LogP contribution in [-0.4, -0.2) is 22.3 Å². The fourth-order valence-corrected chi connectivity index (χ4v) is 4.05. The van der Waals surface area contributed by atoms with Crippen molar-refractivity contribution in [3.8, 4) is 5.75 Å². The molecule has 0 atom stereocenters. The molecule has 26 heavy (non-hydrogen) atoms. The molecule has 2 heterocycles. The smallest absolute Gasteiger partial charge is 0.174 e. The van der Waals surface area contributed by atoms with Crippen molar-refractivity contribution in [2.24, 2.45) is 0 Å².